The minimum absolute atomic E-state index is 0.0602. The Kier molecular flexibility index (Phi) is 12.0. The summed E-state index contributed by atoms with van der Waals surface area (Å²) in [5.74, 6) is 0. The first-order valence-electron chi connectivity index (χ1n) is 7.03. The third-order valence-corrected chi connectivity index (χ3v) is 4.65. The highest BCUT2D eigenvalue weighted by Crippen LogP contribution is 2.08. The molecule has 0 saturated carbocycles. The molecular formula is C12H28N2O4Si. The quantitative estimate of drug-likeness (QED) is 0.527. The monoisotopic (exact) mass is 292 g/mol. The summed E-state index contributed by atoms with van der Waals surface area (Å²) in [5, 5.41) is 2.57. The van der Waals surface area contributed by atoms with Crippen LogP contribution in [0.1, 0.15) is 40.0 Å². The first-order chi connectivity index (χ1) is 9.15. The maximum absolute atomic E-state index is 10.7. The second-order valence-electron chi connectivity index (χ2n) is 4.18. The molecular weight excluding hydrogens is 264 g/mol. The zero-order valence-corrected chi connectivity index (χ0v) is 13.5. The predicted molar refractivity (Wildman–Crippen MR) is 77.3 cm³/mol. The molecule has 0 fully saturated rings. The molecule has 0 spiro atoms. The van der Waals surface area contributed by atoms with E-state index in [1.807, 2.05) is 6.92 Å². The topological polar surface area (TPSA) is 82.8 Å². The van der Waals surface area contributed by atoms with Crippen molar-refractivity contribution >= 4 is 15.3 Å². The van der Waals surface area contributed by atoms with Crippen molar-refractivity contribution in [3.05, 3.63) is 0 Å². The van der Waals surface area contributed by atoms with Gasteiger partial charge in [0, 0.05) is 26.4 Å². The van der Waals surface area contributed by atoms with Crippen molar-refractivity contribution in [1.29, 1.82) is 0 Å². The van der Waals surface area contributed by atoms with Crippen LogP contribution in [0.4, 0.5) is 4.79 Å². The molecule has 0 saturated heterocycles. The fourth-order valence-electron chi connectivity index (χ4n) is 1.58. The molecule has 7 heteroatoms. The van der Waals surface area contributed by atoms with Gasteiger partial charge in [-0.1, -0.05) is 13.8 Å². The molecule has 0 aliphatic carbocycles. The largest absolute Gasteiger partial charge is 0.395 e. The van der Waals surface area contributed by atoms with Gasteiger partial charge in [0.25, 0.3) is 0 Å². The molecule has 19 heavy (non-hydrogen) atoms. The van der Waals surface area contributed by atoms with E-state index in [1.165, 1.54) is 0 Å². The van der Waals surface area contributed by atoms with Crippen LogP contribution in [0.2, 0.25) is 0 Å². The number of urea groups is 1. The highest BCUT2D eigenvalue weighted by atomic mass is 28.3. The molecule has 114 valence electrons. The lowest BCUT2D eigenvalue weighted by atomic mass is 10.4. The number of ether oxygens (including phenoxy) is 1. The van der Waals surface area contributed by atoms with E-state index in [-0.39, 0.29) is 5.73 Å². The third kappa shape index (κ3) is 9.89. The van der Waals surface area contributed by atoms with Gasteiger partial charge in [0.15, 0.2) is 0 Å². The number of nitrogens with one attached hydrogen (secondary N) is 1. The van der Waals surface area contributed by atoms with E-state index in [1.54, 1.807) is 0 Å². The molecule has 0 rings (SSSR count). The van der Waals surface area contributed by atoms with Crippen molar-refractivity contribution in [2.24, 2.45) is 5.73 Å². The third-order valence-electron chi connectivity index (χ3n) is 2.38. The Hall–Kier alpha value is -0.633. The smallest absolute Gasteiger partial charge is 0.351 e. The summed E-state index contributed by atoms with van der Waals surface area (Å²) in [6.07, 6.45) is 2.58. The minimum atomic E-state index is -1.88. The number of nitrogens with two attached hydrogens (primary N) is 1. The number of carbonyl (C=O) groups is 1. The Labute approximate surface area is 117 Å². The molecule has 1 unspecified atom stereocenters. The van der Waals surface area contributed by atoms with E-state index in [2.05, 4.69) is 19.2 Å². The zero-order chi connectivity index (χ0) is 14.5. The maximum atomic E-state index is 10.7. The average Bonchev–Trinajstić information content (AvgIpc) is 2.38. The fourth-order valence-corrected chi connectivity index (χ4v) is 3.83. The van der Waals surface area contributed by atoms with Crippen LogP contribution in [0.25, 0.3) is 0 Å². The second-order valence-corrected chi connectivity index (χ2v) is 6.33. The van der Waals surface area contributed by atoms with Gasteiger partial charge in [0.1, 0.15) is 0 Å². The van der Waals surface area contributed by atoms with Crippen molar-refractivity contribution in [3.63, 3.8) is 0 Å². The highest BCUT2D eigenvalue weighted by molar-refractivity contribution is 6.46. The van der Waals surface area contributed by atoms with Gasteiger partial charge >= 0.3 is 15.3 Å². The summed E-state index contributed by atoms with van der Waals surface area (Å²) >= 11 is 0. The summed E-state index contributed by atoms with van der Waals surface area (Å²) in [6.45, 7) is 8.54. The molecule has 0 aromatic heterocycles. The standard InChI is InChI=1S/C12H28N2O4Si/c1-4-9-17-19(18-10-5-2)11(16-6-3)7-8-14-12(13)15/h11,19H,4-10H2,1-3H3,(H3,13,14,15). The number of hydrogen-bond donors (Lipinski definition) is 2. The van der Waals surface area contributed by atoms with E-state index in [4.69, 9.17) is 19.3 Å². The van der Waals surface area contributed by atoms with Gasteiger partial charge in [-0.05, 0) is 26.2 Å². The summed E-state index contributed by atoms with van der Waals surface area (Å²) in [4.78, 5) is 10.7. The minimum Gasteiger partial charge on any atom is -0.395 e. The van der Waals surface area contributed by atoms with Crippen molar-refractivity contribution in [2.75, 3.05) is 26.4 Å². The number of primary amides is 1. The van der Waals surface area contributed by atoms with Crippen LogP contribution in [-0.2, 0) is 13.6 Å². The van der Waals surface area contributed by atoms with Gasteiger partial charge in [0.05, 0.1) is 5.73 Å². The van der Waals surface area contributed by atoms with Crippen LogP contribution in [0.15, 0.2) is 0 Å². The molecule has 1 atom stereocenters. The normalized spacial score (nSPS) is 12.6. The molecule has 0 aromatic rings. The first kappa shape index (κ1) is 18.4. The number of amides is 2. The molecule has 0 radical (unpaired) electrons. The van der Waals surface area contributed by atoms with Gasteiger partial charge in [-0.15, -0.1) is 0 Å². The summed E-state index contributed by atoms with van der Waals surface area (Å²) in [7, 11) is -1.88. The number of carbonyl (C=O) groups excluding carboxylic acids is 1. The lowest BCUT2D eigenvalue weighted by Gasteiger charge is -2.25. The Morgan fingerprint density at radius 2 is 1.79 bits per heavy atom. The van der Waals surface area contributed by atoms with E-state index < -0.39 is 15.3 Å². The lowest BCUT2D eigenvalue weighted by molar-refractivity contribution is 0.0614. The maximum Gasteiger partial charge on any atom is 0.351 e. The highest BCUT2D eigenvalue weighted by Gasteiger charge is 2.26. The number of hydrogen-bond acceptors (Lipinski definition) is 4. The molecule has 0 bridgehead atoms. The number of rotatable bonds is 12. The SMILES string of the molecule is CCCO[SiH](OCCC)C(CCNC(N)=O)OCC. The zero-order valence-electron chi connectivity index (χ0n) is 12.3. The molecule has 0 heterocycles. The summed E-state index contributed by atoms with van der Waals surface area (Å²) in [5.41, 5.74) is 4.99. The molecule has 3 N–H and O–H groups in total. The van der Waals surface area contributed by atoms with E-state index in [0.717, 1.165) is 12.8 Å². The average molecular weight is 292 g/mol. The van der Waals surface area contributed by atoms with E-state index >= 15 is 0 Å². The van der Waals surface area contributed by atoms with Crippen molar-refractivity contribution in [2.45, 2.75) is 45.8 Å². The van der Waals surface area contributed by atoms with Gasteiger partial charge < -0.3 is 24.6 Å². The van der Waals surface area contributed by atoms with Crippen molar-refractivity contribution < 1.29 is 18.4 Å². The fraction of sp³-hybridized carbons (Fsp3) is 0.917. The van der Waals surface area contributed by atoms with Crippen LogP contribution >= 0.6 is 0 Å². The molecule has 6 nitrogen and oxygen atoms in total. The molecule has 0 aliphatic heterocycles. The molecule has 0 aromatic carbocycles. The van der Waals surface area contributed by atoms with Crippen LogP contribution in [0, 0.1) is 0 Å². The van der Waals surface area contributed by atoms with Crippen LogP contribution in [0.3, 0.4) is 0 Å². The van der Waals surface area contributed by atoms with Gasteiger partial charge in [0.2, 0.25) is 0 Å². The molecule has 2 amide bonds. The Bertz CT molecular complexity index is 224. The van der Waals surface area contributed by atoms with Crippen molar-refractivity contribution in [1.82, 2.24) is 5.32 Å². The van der Waals surface area contributed by atoms with E-state index in [0.29, 0.717) is 32.8 Å². The van der Waals surface area contributed by atoms with Crippen LogP contribution in [0.5, 0.6) is 0 Å². The lowest BCUT2D eigenvalue weighted by Crippen LogP contribution is -2.42. The Balaban J connectivity index is 4.30. The van der Waals surface area contributed by atoms with Gasteiger partial charge in [-0.25, -0.2) is 4.79 Å². The van der Waals surface area contributed by atoms with Crippen LogP contribution in [-0.4, -0.2) is 47.4 Å². The predicted octanol–water partition coefficient (Wildman–Crippen LogP) is 1.06. The second kappa shape index (κ2) is 12.4. The first-order valence-corrected chi connectivity index (χ1v) is 8.64. The van der Waals surface area contributed by atoms with Gasteiger partial charge in [-0.2, -0.15) is 0 Å². The van der Waals surface area contributed by atoms with Gasteiger partial charge in [-0.3, -0.25) is 0 Å². The van der Waals surface area contributed by atoms with E-state index in [9.17, 15) is 4.79 Å². The van der Waals surface area contributed by atoms with Crippen LogP contribution < -0.4 is 11.1 Å². The molecule has 0 aliphatic rings. The summed E-state index contributed by atoms with van der Waals surface area (Å²) < 4.78 is 17.3. The summed E-state index contributed by atoms with van der Waals surface area (Å²) in [6, 6.07) is -0.516. The van der Waals surface area contributed by atoms with Crippen molar-refractivity contribution in [3.8, 4) is 0 Å². The Morgan fingerprint density at radius 1 is 1.21 bits per heavy atom. The Morgan fingerprint density at radius 3 is 2.21 bits per heavy atom.